The maximum atomic E-state index is 13.3. The van der Waals surface area contributed by atoms with Crippen LogP contribution >= 0.6 is 11.8 Å². The molecule has 10 heteroatoms. The van der Waals surface area contributed by atoms with Gasteiger partial charge in [0, 0.05) is 30.2 Å². The zero-order chi connectivity index (χ0) is 23.5. The molecule has 2 aromatic heterocycles. The molecule has 1 aromatic carbocycles. The molecule has 0 bridgehead atoms. The first kappa shape index (κ1) is 22.4. The van der Waals surface area contributed by atoms with Crippen LogP contribution in [0.2, 0.25) is 0 Å². The van der Waals surface area contributed by atoms with Crippen LogP contribution in [-0.4, -0.2) is 38.2 Å². The van der Waals surface area contributed by atoms with Crippen molar-refractivity contribution in [3.8, 4) is 0 Å². The summed E-state index contributed by atoms with van der Waals surface area (Å²) >= 11 is 0.868. The highest BCUT2D eigenvalue weighted by atomic mass is 32.2. The molecule has 0 unspecified atom stereocenters. The Labute approximate surface area is 199 Å². The minimum atomic E-state index is -0.401. The van der Waals surface area contributed by atoms with Crippen LogP contribution in [0.3, 0.4) is 0 Å². The summed E-state index contributed by atoms with van der Waals surface area (Å²) in [6.07, 6.45) is 7.21. The fraction of sp³-hybridized carbons (Fsp3) is 0.292. The number of rotatable bonds is 6. The van der Waals surface area contributed by atoms with Gasteiger partial charge < -0.3 is 10.6 Å². The van der Waals surface area contributed by atoms with E-state index in [4.69, 9.17) is 0 Å². The number of carbonyl (C=O) groups is 2. The number of imide groups is 1. The molecule has 3 aromatic rings. The fourth-order valence-corrected chi connectivity index (χ4v) is 4.86. The molecular formula is C24H23FN6O2S. The number of carbonyl (C=O) groups excluding carboxylic acids is 2. The second-order valence-corrected chi connectivity index (χ2v) is 9.39. The van der Waals surface area contributed by atoms with Crippen LogP contribution in [-0.2, 0) is 11.3 Å². The third-order valence-electron chi connectivity index (χ3n) is 5.94. The lowest BCUT2D eigenvalue weighted by Crippen LogP contribution is -2.37. The van der Waals surface area contributed by atoms with Gasteiger partial charge in [-0.2, -0.15) is 0 Å². The molecule has 2 fully saturated rings. The van der Waals surface area contributed by atoms with Crippen molar-refractivity contribution in [3.05, 3.63) is 64.7 Å². The lowest BCUT2D eigenvalue weighted by molar-refractivity contribution is -0.115. The summed E-state index contributed by atoms with van der Waals surface area (Å²) < 4.78 is 13.3. The fourth-order valence-electron chi connectivity index (χ4n) is 4.19. The summed E-state index contributed by atoms with van der Waals surface area (Å²) in [7, 11) is 0. The highest BCUT2D eigenvalue weighted by Crippen LogP contribution is 2.26. The Morgan fingerprint density at radius 2 is 1.88 bits per heavy atom. The second kappa shape index (κ2) is 9.86. The number of pyridine rings is 1. The quantitative estimate of drug-likeness (QED) is 0.456. The van der Waals surface area contributed by atoms with Crippen molar-refractivity contribution in [1.29, 1.82) is 0 Å². The summed E-state index contributed by atoms with van der Waals surface area (Å²) in [6.45, 7) is 0.671. The summed E-state index contributed by atoms with van der Waals surface area (Å²) in [6, 6.07) is 10.8. The van der Waals surface area contributed by atoms with Gasteiger partial charge >= 0.3 is 0 Å². The van der Waals surface area contributed by atoms with Gasteiger partial charge in [0.1, 0.15) is 5.82 Å². The summed E-state index contributed by atoms with van der Waals surface area (Å²) in [5, 5.41) is 9.64. The Bertz CT molecular complexity index is 1280. The van der Waals surface area contributed by atoms with Crippen molar-refractivity contribution in [2.24, 2.45) is 0 Å². The maximum absolute atomic E-state index is 13.3. The number of hydrogen-bond donors (Lipinski definition) is 3. The number of thioether (sulfide) groups is 1. The molecule has 1 saturated heterocycles. The van der Waals surface area contributed by atoms with Gasteiger partial charge in [0.25, 0.3) is 11.1 Å². The minimum absolute atomic E-state index is 0.253. The van der Waals surface area contributed by atoms with Crippen molar-refractivity contribution < 1.29 is 14.0 Å². The van der Waals surface area contributed by atoms with Gasteiger partial charge in [0.05, 0.1) is 21.8 Å². The van der Waals surface area contributed by atoms with E-state index in [2.05, 4.69) is 30.9 Å². The molecule has 0 spiro atoms. The van der Waals surface area contributed by atoms with E-state index >= 15 is 0 Å². The van der Waals surface area contributed by atoms with Crippen LogP contribution in [0.15, 0.2) is 47.5 Å². The molecule has 0 atom stereocenters. The summed E-state index contributed by atoms with van der Waals surface area (Å²) in [5.41, 5.74) is 2.31. The van der Waals surface area contributed by atoms with Gasteiger partial charge in [-0.15, -0.1) is 0 Å². The summed E-state index contributed by atoms with van der Waals surface area (Å²) in [5.74, 6) is -0.143. The molecule has 1 aliphatic heterocycles. The Hall–Kier alpha value is -3.37. The minimum Gasteiger partial charge on any atom is -0.351 e. The number of anilines is 1. The van der Waals surface area contributed by atoms with E-state index in [1.54, 1.807) is 24.4 Å². The largest absolute Gasteiger partial charge is 0.351 e. The van der Waals surface area contributed by atoms with Gasteiger partial charge in [-0.3, -0.25) is 19.9 Å². The molecule has 2 aliphatic rings. The van der Waals surface area contributed by atoms with E-state index in [1.165, 1.54) is 12.1 Å². The van der Waals surface area contributed by atoms with E-state index in [1.807, 2.05) is 12.1 Å². The number of halogens is 1. The Morgan fingerprint density at radius 1 is 1.06 bits per heavy atom. The number of fused-ring (bicyclic) bond motifs is 1. The van der Waals surface area contributed by atoms with Crippen LogP contribution in [0.1, 0.15) is 37.1 Å². The maximum Gasteiger partial charge on any atom is 0.290 e. The van der Waals surface area contributed by atoms with E-state index < -0.39 is 5.91 Å². The van der Waals surface area contributed by atoms with Crippen LogP contribution in [0.4, 0.5) is 15.1 Å². The number of nitrogens with one attached hydrogen (secondary N) is 3. The number of aromatic nitrogens is 3. The standard InChI is InChI=1S/C24H23FN6O2S/c25-15-2-8-20-14(11-15)1-3-19(28-20)13-27-16-4-6-17(7-5-16)29-23-26-10-9-18(30-23)12-21-22(32)31-24(33)34-21/h1-3,8-12,16-17,27H,4-7,13H2,(H,26,29,30)(H,31,32,33)/b21-12-/t16-,17-. The molecular weight excluding hydrogens is 455 g/mol. The van der Waals surface area contributed by atoms with Gasteiger partial charge in [0.15, 0.2) is 0 Å². The molecule has 174 valence electrons. The van der Waals surface area contributed by atoms with Crippen LogP contribution in [0, 0.1) is 5.82 Å². The van der Waals surface area contributed by atoms with Crippen LogP contribution in [0.5, 0.6) is 0 Å². The van der Waals surface area contributed by atoms with Gasteiger partial charge in [-0.05, 0) is 73.9 Å². The van der Waals surface area contributed by atoms with E-state index in [9.17, 15) is 14.0 Å². The third-order valence-corrected chi connectivity index (χ3v) is 6.75. The molecule has 1 aliphatic carbocycles. The van der Waals surface area contributed by atoms with Crippen molar-refractivity contribution in [2.45, 2.75) is 44.3 Å². The molecule has 1 saturated carbocycles. The zero-order valence-corrected chi connectivity index (χ0v) is 19.1. The topological polar surface area (TPSA) is 109 Å². The number of nitrogens with zero attached hydrogens (tertiary/aromatic N) is 3. The second-order valence-electron chi connectivity index (χ2n) is 8.37. The SMILES string of the molecule is O=C1NC(=O)/C(=C/c2ccnc(N[C@H]3CC[C@H](NCc4ccc5cc(F)ccc5n4)CC3)n2)S1. The van der Waals surface area contributed by atoms with Crippen LogP contribution < -0.4 is 16.0 Å². The van der Waals surface area contributed by atoms with E-state index in [0.717, 1.165) is 54.0 Å². The number of benzene rings is 1. The van der Waals surface area contributed by atoms with Crippen molar-refractivity contribution in [3.63, 3.8) is 0 Å². The highest BCUT2D eigenvalue weighted by Gasteiger charge is 2.25. The monoisotopic (exact) mass is 478 g/mol. The molecule has 34 heavy (non-hydrogen) atoms. The lowest BCUT2D eigenvalue weighted by Gasteiger charge is -2.29. The normalized spacial score (nSPS) is 21.7. The summed E-state index contributed by atoms with van der Waals surface area (Å²) in [4.78, 5) is 36.8. The van der Waals surface area contributed by atoms with Crippen molar-refractivity contribution in [1.82, 2.24) is 25.6 Å². The van der Waals surface area contributed by atoms with E-state index in [0.29, 0.717) is 29.1 Å². The van der Waals surface area contributed by atoms with E-state index in [-0.39, 0.29) is 17.1 Å². The average molecular weight is 479 g/mol. The zero-order valence-electron chi connectivity index (χ0n) is 18.3. The molecule has 3 heterocycles. The predicted octanol–water partition coefficient (Wildman–Crippen LogP) is 4.00. The number of hydrogen-bond acceptors (Lipinski definition) is 8. The average Bonchev–Trinajstić information content (AvgIpc) is 3.15. The van der Waals surface area contributed by atoms with Crippen molar-refractivity contribution in [2.75, 3.05) is 5.32 Å². The predicted molar refractivity (Wildman–Crippen MR) is 129 cm³/mol. The smallest absolute Gasteiger partial charge is 0.290 e. The Balaban J connectivity index is 1.12. The Morgan fingerprint density at radius 3 is 2.68 bits per heavy atom. The van der Waals surface area contributed by atoms with Gasteiger partial charge in [-0.25, -0.2) is 14.4 Å². The molecule has 5 rings (SSSR count). The first-order chi connectivity index (χ1) is 16.5. The molecule has 3 N–H and O–H groups in total. The number of amides is 2. The Kier molecular flexibility index (Phi) is 6.50. The van der Waals surface area contributed by atoms with Gasteiger partial charge in [0.2, 0.25) is 5.95 Å². The highest BCUT2D eigenvalue weighted by molar-refractivity contribution is 8.18. The molecule has 0 radical (unpaired) electrons. The molecule has 8 nitrogen and oxygen atoms in total. The van der Waals surface area contributed by atoms with Crippen LogP contribution in [0.25, 0.3) is 17.0 Å². The first-order valence-electron chi connectivity index (χ1n) is 11.1. The lowest BCUT2D eigenvalue weighted by atomic mass is 9.91. The first-order valence-corrected chi connectivity index (χ1v) is 12.0. The van der Waals surface area contributed by atoms with Crippen molar-refractivity contribution >= 4 is 45.8 Å². The molecule has 2 amide bonds. The third kappa shape index (κ3) is 5.40. The van der Waals surface area contributed by atoms with Gasteiger partial charge in [-0.1, -0.05) is 6.07 Å².